The van der Waals surface area contributed by atoms with Crippen molar-refractivity contribution < 1.29 is 14.3 Å². The van der Waals surface area contributed by atoms with Crippen LogP contribution in [0.3, 0.4) is 0 Å². The molecule has 9 nitrogen and oxygen atoms in total. The van der Waals surface area contributed by atoms with E-state index in [0.29, 0.717) is 56.7 Å². The second-order valence-electron chi connectivity index (χ2n) is 9.88. The quantitative estimate of drug-likeness (QED) is 0.205. The second-order valence-corrected chi connectivity index (χ2v) is 10.3. The molecule has 0 spiro atoms. The summed E-state index contributed by atoms with van der Waals surface area (Å²) in [5, 5.41) is 17.2. The van der Waals surface area contributed by atoms with Gasteiger partial charge < -0.3 is 20.1 Å². The van der Waals surface area contributed by atoms with Gasteiger partial charge in [-0.15, -0.1) is 0 Å². The summed E-state index contributed by atoms with van der Waals surface area (Å²) in [5.74, 6) is 0.740. The molecule has 0 aliphatic carbocycles. The van der Waals surface area contributed by atoms with Crippen LogP contribution in [0.25, 0.3) is 10.9 Å². The number of hydrogen-bond donors (Lipinski definition) is 2. The number of carbonyl (C=O) groups excluding carboxylic acids is 1. The minimum absolute atomic E-state index is 0.246. The molecular formula is C32H31ClN6O3. The van der Waals surface area contributed by atoms with E-state index in [1.165, 1.54) is 6.20 Å². The van der Waals surface area contributed by atoms with Gasteiger partial charge in [0, 0.05) is 41.7 Å². The normalized spacial score (nSPS) is 15.0. The molecular weight excluding hydrogens is 552 g/mol. The molecule has 1 amide bonds. The first kappa shape index (κ1) is 28.9. The second kappa shape index (κ2) is 13.3. The lowest BCUT2D eigenvalue weighted by Crippen LogP contribution is -2.23. The molecule has 5 rings (SSSR count). The van der Waals surface area contributed by atoms with Gasteiger partial charge in [0.2, 0.25) is 5.91 Å². The Balaban J connectivity index is 1.42. The smallest absolute Gasteiger partial charge is 0.248 e. The summed E-state index contributed by atoms with van der Waals surface area (Å²) in [6.45, 7) is 3.58. The van der Waals surface area contributed by atoms with Crippen LogP contribution >= 0.6 is 11.6 Å². The fraction of sp³-hybridized carbons (Fsp3) is 0.250. The van der Waals surface area contributed by atoms with Crippen molar-refractivity contribution in [2.75, 3.05) is 30.8 Å². The van der Waals surface area contributed by atoms with E-state index in [9.17, 15) is 10.1 Å². The van der Waals surface area contributed by atoms with Crippen LogP contribution in [0.1, 0.15) is 31.0 Å². The van der Waals surface area contributed by atoms with Crippen molar-refractivity contribution in [1.29, 1.82) is 5.26 Å². The zero-order valence-corrected chi connectivity index (χ0v) is 24.2. The number of hydrogen-bond acceptors (Lipinski definition) is 8. The van der Waals surface area contributed by atoms with Crippen LogP contribution in [0.2, 0.25) is 5.02 Å². The van der Waals surface area contributed by atoms with Gasteiger partial charge in [-0.05, 0) is 69.8 Å². The zero-order valence-electron chi connectivity index (χ0n) is 23.4. The van der Waals surface area contributed by atoms with E-state index in [1.807, 2.05) is 37.3 Å². The summed E-state index contributed by atoms with van der Waals surface area (Å²) < 4.78 is 11.7. The lowest BCUT2D eigenvalue weighted by Gasteiger charge is -2.17. The van der Waals surface area contributed by atoms with Gasteiger partial charge >= 0.3 is 0 Å². The molecule has 2 aromatic carbocycles. The third kappa shape index (κ3) is 6.79. The number of carbonyl (C=O) groups is 1. The molecule has 1 aliphatic rings. The zero-order chi connectivity index (χ0) is 29.5. The van der Waals surface area contributed by atoms with Crippen molar-refractivity contribution in [3.8, 4) is 17.6 Å². The fourth-order valence-electron chi connectivity index (χ4n) is 4.84. The largest absolute Gasteiger partial charge is 0.492 e. The molecule has 0 unspecified atom stereocenters. The molecule has 2 aromatic heterocycles. The average Bonchev–Trinajstić information content (AvgIpc) is 3.41. The van der Waals surface area contributed by atoms with Crippen LogP contribution in [-0.2, 0) is 11.4 Å². The number of likely N-dealkylation sites (N-methyl/N-ethyl adjacent to an activating group) is 1. The molecule has 4 aromatic rings. The maximum absolute atomic E-state index is 12.9. The number of nitrogens with zero attached hydrogens (tertiary/aromatic N) is 4. The van der Waals surface area contributed by atoms with E-state index in [4.69, 9.17) is 21.1 Å². The predicted molar refractivity (Wildman–Crippen MR) is 164 cm³/mol. The molecule has 1 saturated heterocycles. The van der Waals surface area contributed by atoms with Crippen LogP contribution in [0, 0.1) is 11.3 Å². The van der Waals surface area contributed by atoms with E-state index in [-0.39, 0.29) is 18.6 Å². The third-order valence-electron chi connectivity index (χ3n) is 7.00. The predicted octanol–water partition coefficient (Wildman–Crippen LogP) is 6.47. The van der Waals surface area contributed by atoms with Gasteiger partial charge in [0.05, 0.1) is 39.8 Å². The number of aromatic nitrogens is 2. The first-order valence-corrected chi connectivity index (χ1v) is 14.1. The van der Waals surface area contributed by atoms with E-state index < -0.39 is 0 Å². The number of halogens is 1. The molecule has 2 N–H and O–H groups in total. The van der Waals surface area contributed by atoms with Gasteiger partial charge in [0.1, 0.15) is 24.2 Å². The highest BCUT2D eigenvalue weighted by Gasteiger charge is 2.19. The van der Waals surface area contributed by atoms with Crippen molar-refractivity contribution in [3.05, 3.63) is 89.4 Å². The Morgan fingerprint density at radius 1 is 1.19 bits per heavy atom. The first-order chi connectivity index (χ1) is 20.4. The van der Waals surface area contributed by atoms with Crippen LogP contribution in [-0.4, -0.2) is 47.0 Å². The van der Waals surface area contributed by atoms with Crippen LogP contribution in [0.5, 0.6) is 11.5 Å². The minimum atomic E-state index is -0.261. The summed E-state index contributed by atoms with van der Waals surface area (Å²) >= 11 is 6.54. The SMILES string of the molecule is CCOc1cc2ncc(C#N)c(Nc3ccc(OCc4ccccn4)c(Cl)c3)c2cc1NC(=O)/C=C\[C@H]1CCCN1C. The topological polar surface area (TPSA) is 112 Å². The number of fused-ring (bicyclic) bond motifs is 1. The summed E-state index contributed by atoms with van der Waals surface area (Å²) in [4.78, 5) is 23.9. The Labute approximate surface area is 249 Å². The molecule has 10 heteroatoms. The number of nitriles is 1. The van der Waals surface area contributed by atoms with Gasteiger partial charge in [0.15, 0.2) is 0 Å². The number of nitrogens with one attached hydrogen (secondary N) is 2. The number of pyridine rings is 2. The number of benzene rings is 2. The monoisotopic (exact) mass is 582 g/mol. The van der Waals surface area contributed by atoms with E-state index in [0.717, 1.165) is 25.1 Å². The molecule has 1 aliphatic heterocycles. The van der Waals surface area contributed by atoms with Crippen LogP contribution < -0.4 is 20.1 Å². The van der Waals surface area contributed by atoms with Crippen molar-refractivity contribution in [2.24, 2.45) is 0 Å². The van der Waals surface area contributed by atoms with E-state index >= 15 is 0 Å². The lowest BCUT2D eigenvalue weighted by atomic mass is 10.1. The van der Waals surface area contributed by atoms with Crippen LogP contribution in [0.15, 0.2) is 73.1 Å². The highest BCUT2D eigenvalue weighted by molar-refractivity contribution is 6.32. The maximum atomic E-state index is 12.9. The maximum Gasteiger partial charge on any atom is 0.248 e. The van der Waals surface area contributed by atoms with Crippen molar-refractivity contribution in [3.63, 3.8) is 0 Å². The molecule has 0 radical (unpaired) electrons. The average molecular weight is 583 g/mol. The highest BCUT2D eigenvalue weighted by atomic mass is 35.5. The Hall–Kier alpha value is -4.65. The number of likely N-dealkylation sites (tertiary alicyclic amines) is 1. The Morgan fingerprint density at radius 2 is 2.07 bits per heavy atom. The van der Waals surface area contributed by atoms with E-state index in [2.05, 4.69) is 38.6 Å². The summed E-state index contributed by atoms with van der Waals surface area (Å²) in [7, 11) is 2.06. The molecule has 214 valence electrons. The Morgan fingerprint density at radius 3 is 2.79 bits per heavy atom. The van der Waals surface area contributed by atoms with Gasteiger partial charge in [-0.2, -0.15) is 5.26 Å². The Bertz CT molecular complexity index is 1650. The van der Waals surface area contributed by atoms with Gasteiger partial charge in [-0.25, -0.2) is 0 Å². The Kier molecular flexibility index (Phi) is 9.17. The molecule has 3 heterocycles. The molecule has 42 heavy (non-hydrogen) atoms. The number of amides is 1. The molecule has 0 saturated carbocycles. The van der Waals surface area contributed by atoms with Crippen LogP contribution in [0.4, 0.5) is 17.1 Å². The van der Waals surface area contributed by atoms with Crippen molar-refractivity contribution in [2.45, 2.75) is 32.4 Å². The van der Waals surface area contributed by atoms with Crippen molar-refractivity contribution in [1.82, 2.24) is 14.9 Å². The summed E-state index contributed by atoms with van der Waals surface area (Å²) in [6, 6.07) is 16.9. The van der Waals surface area contributed by atoms with E-state index in [1.54, 1.807) is 36.5 Å². The number of ether oxygens (including phenoxy) is 2. The molecule has 1 fully saturated rings. The van der Waals surface area contributed by atoms with Gasteiger partial charge in [-0.3, -0.25) is 19.7 Å². The van der Waals surface area contributed by atoms with Gasteiger partial charge in [-0.1, -0.05) is 23.7 Å². The van der Waals surface area contributed by atoms with Gasteiger partial charge in [0.25, 0.3) is 0 Å². The first-order valence-electron chi connectivity index (χ1n) is 13.7. The molecule has 1 atom stereocenters. The third-order valence-corrected chi connectivity index (χ3v) is 7.29. The lowest BCUT2D eigenvalue weighted by molar-refractivity contribution is -0.112. The molecule has 0 bridgehead atoms. The summed E-state index contributed by atoms with van der Waals surface area (Å²) in [5.41, 5.74) is 3.38. The number of rotatable bonds is 10. The summed E-state index contributed by atoms with van der Waals surface area (Å²) in [6.07, 6.45) is 8.85. The minimum Gasteiger partial charge on any atom is -0.492 e. The standard InChI is InChI=1S/C32H31ClN6O3/c1-3-41-30-17-27-25(16-28(30)38-31(40)12-10-24-8-6-14-39(24)2)32(21(18-34)19-36-27)37-22-9-11-29(26(33)15-22)42-20-23-7-4-5-13-35-23/h4-5,7,9-13,15-17,19,24H,3,6,8,14,20H2,1-2H3,(H,36,37)(H,38,40)/b12-10-/t24-/m1/s1. The number of anilines is 3. The highest BCUT2D eigenvalue weighted by Crippen LogP contribution is 2.37. The fourth-order valence-corrected chi connectivity index (χ4v) is 5.07. The van der Waals surface area contributed by atoms with Crippen molar-refractivity contribution >= 4 is 45.5 Å².